The monoisotopic (exact) mass is 443 g/mol. The SMILES string of the molecule is CN([C@H]1CC[C@@H](CCc2c[nH]c3ccc(-n4cnnc4)cc23)CC1)[C@H](CO)c1ccccc1. The van der Waals surface area contributed by atoms with Gasteiger partial charge in [-0.15, -0.1) is 10.2 Å². The van der Waals surface area contributed by atoms with E-state index in [9.17, 15) is 5.11 Å². The number of nitrogens with one attached hydrogen (secondary N) is 1. The fourth-order valence-electron chi connectivity index (χ4n) is 5.47. The van der Waals surface area contributed by atoms with Crippen LogP contribution in [0.2, 0.25) is 0 Å². The highest BCUT2D eigenvalue weighted by Gasteiger charge is 2.28. The number of aliphatic hydroxyl groups excluding tert-OH is 1. The van der Waals surface area contributed by atoms with E-state index in [1.807, 2.05) is 10.6 Å². The first kappa shape index (κ1) is 21.9. The van der Waals surface area contributed by atoms with Crippen LogP contribution in [-0.4, -0.2) is 49.5 Å². The third-order valence-corrected chi connectivity index (χ3v) is 7.53. The van der Waals surface area contributed by atoms with Crippen molar-refractivity contribution in [1.82, 2.24) is 24.6 Å². The maximum absolute atomic E-state index is 10.0. The topological polar surface area (TPSA) is 70.0 Å². The zero-order valence-electron chi connectivity index (χ0n) is 19.3. The zero-order chi connectivity index (χ0) is 22.6. The molecule has 1 saturated carbocycles. The molecule has 0 unspecified atom stereocenters. The molecule has 6 heteroatoms. The molecule has 0 aliphatic heterocycles. The number of benzene rings is 2. The molecule has 0 spiro atoms. The highest BCUT2D eigenvalue weighted by Crippen LogP contribution is 2.34. The van der Waals surface area contributed by atoms with Crippen molar-refractivity contribution in [3.63, 3.8) is 0 Å². The van der Waals surface area contributed by atoms with Crippen molar-refractivity contribution in [2.45, 2.75) is 50.6 Å². The lowest BCUT2D eigenvalue weighted by atomic mass is 9.81. The average molecular weight is 444 g/mol. The number of aromatic nitrogens is 4. The van der Waals surface area contributed by atoms with E-state index in [-0.39, 0.29) is 12.6 Å². The molecule has 0 radical (unpaired) electrons. The van der Waals surface area contributed by atoms with Crippen LogP contribution >= 0.6 is 0 Å². The number of fused-ring (bicyclic) bond motifs is 1. The smallest absolute Gasteiger partial charge is 0.123 e. The summed E-state index contributed by atoms with van der Waals surface area (Å²) in [6, 6.07) is 17.5. The first-order valence-corrected chi connectivity index (χ1v) is 12.1. The van der Waals surface area contributed by atoms with Gasteiger partial charge >= 0.3 is 0 Å². The molecule has 2 aromatic heterocycles. The molecule has 1 aliphatic carbocycles. The van der Waals surface area contributed by atoms with Gasteiger partial charge in [0.2, 0.25) is 0 Å². The number of nitrogens with zero attached hydrogens (tertiary/aromatic N) is 4. The average Bonchev–Trinajstić information content (AvgIpc) is 3.54. The van der Waals surface area contributed by atoms with Crippen LogP contribution in [0.1, 0.15) is 49.3 Å². The van der Waals surface area contributed by atoms with Crippen LogP contribution in [0.3, 0.4) is 0 Å². The largest absolute Gasteiger partial charge is 0.394 e. The lowest BCUT2D eigenvalue weighted by Crippen LogP contribution is -2.39. The van der Waals surface area contributed by atoms with Crippen LogP contribution in [0.5, 0.6) is 0 Å². The van der Waals surface area contributed by atoms with E-state index in [4.69, 9.17) is 0 Å². The summed E-state index contributed by atoms with van der Waals surface area (Å²) in [6.45, 7) is 0.165. The molecule has 1 aliphatic rings. The maximum Gasteiger partial charge on any atom is 0.123 e. The van der Waals surface area contributed by atoms with Crippen molar-refractivity contribution in [3.8, 4) is 5.69 Å². The first-order chi connectivity index (χ1) is 16.2. The van der Waals surface area contributed by atoms with Crippen LogP contribution in [0, 0.1) is 5.92 Å². The van der Waals surface area contributed by atoms with Crippen LogP contribution in [0.25, 0.3) is 16.6 Å². The normalized spacial score (nSPS) is 19.8. The maximum atomic E-state index is 10.0. The minimum atomic E-state index is 0.0823. The van der Waals surface area contributed by atoms with Crippen molar-refractivity contribution in [1.29, 1.82) is 0 Å². The van der Waals surface area contributed by atoms with E-state index in [0.29, 0.717) is 6.04 Å². The second-order valence-electron chi connectivity index (χ2n) is 9.40. The van der Waals surface area contributed by atoms with E-state index in [0.717, 1.165) is 18.0 Å². The van der Waals surface area contributed by atoms with E-state index in [2.05, 4.69) is 75.8 Å². The summed E-state index contributed by atoms with van der Waals surface area (Å²) < 4.78 is 1.95. The molecule has 6 nitrogen and oxygen atoms in total. The lowest BCUT2D eigenvalue weighted by molar-refractivity contribution is 0.0788. The summed E-state index contributed by atoms with van der Waals surface area (Å²) in [5.41, 5.74) is 4.87. The molecular formula is C27H33N5O. The molecule has 1 fully saturated rings. The third kappa shape index (κ3) is 4.72. The van der Waals surface area contributed by atoms with E-state index in [1.165, 1.54) is 54.1 Å². The summed E-state index contributed by atoms with van der Waals surface area (Å²) in [5.74, 6) is 0.768. The standard InChI is InChI=1S/C27H33N5O/c1-31(27(17-33)21-5-3-2-4-6-21)23-11-8-20(9-12-23)7-10-22-16-28-26-14-13-24(15-25(22)26)32-18-29-30-19-32/h2-6,13-16,18-20,23,27-28,33H,7-12,17H2,1H3/t20-,23+,27-/m1/s1. The van der Waals surface area contributed by atoms with Gasteiger partial charge in [-0.3, -0.25) is 9.47 Å². The molecule has 4 aromatic rings. The Kier molecular flexibility index (Phi) is 6.55. The molecule has 2 N–H and O–H groups in total. The Hall–Kier alpha value is -2.96. The molecule has 172 valence electrons. The molecule has 2 heterocycles. The Labute approximate surface area is 195 Å². The molecular weight excluding hydrogens is 410 g/mol. The summed E-state index contributed by atoms with van der Waals surface area (Å²) in [5, 5.41) is 19.2. The lowest BCUT2D eigenvalue weighted by Gasteiger charge is -2.39. The van der Waals surface area contributed by atoms with Gasteiger partial charge in [0.15, 0.2) is 0 Å². The van der Waals surface area contributed by atoms with Gasteiger partial charge in [-0.2, -0.15) is 0 Å². The third-order valence-electron chi connectivity index (χ3n) is 7.53. The second-order valence-corrected chi connectivity index (χ2v) is 9.40. The molecule has 0 bridgehead atoms. The summed E-state index contributed by atoms with van der Waals surface area (Å²) in [4.78, 5) is 5.83. The molecule has 33 heavy (non-hydrogen) atoms. The summed E-state index contributed by atoms with van der Waals surface area (Å²) in [7, 11) is 2.18. The number of aryl methyl sites for hydroxylation is 1. The predicted molar refractivity (Wildman–Crippen MR) is 131 cm³/mol. The number of likely N-dealkylation sites (N-methyl/N-ethyl adjacent to an activating group) is 1. The second kappa shape index (κ2) is 9.89. The van der Waals surface area contributed by atoms with Crippen LogP contribution in [0.15, 0.2) is 67.4 Å². The van der Waals surface area contributed by atoms with E-state index < -0.39 is 0 Å². The Balaban J connectivity index is 1.18. The number of H-pyrrole nitrogens is 1. The van der Waals surface area contributed by atoms with Crippen LogP contribution in [0.4, 0.5) is 0 Å². The molecule has 0 saturated heterocycles. The molecule has 0 amide bonds. The summed E-state index contributed by atoms with van der Waals surface area (Å²) >= 11 is 0. The van der Waals surface area contributed by atoms with Gasteiger partial charge in [-0.1, -0.05) is 30.3 Å². The Bertz CT molecular complexity index is 1150. The van der Waals surface area contributed by atoms with Crippen molar-refractivity contribution in [2.75, 3.05) is 13.7 Å². The first-order valence-electron chi connectivity index (χ1n) is 12.1. The number of aliphatic hydroxyl groups is 1. The molecule has 5 rings (SSSR count). The minimum absolute atomic E-state index is 0.0823. The Morgan fingerprint density at radius 3 is 2.55 bits per heavy atom. The zero-order valence-corrected chi connectivity index (χ0v) is 19.3. The number of hydrogen-bond donors (Lipinski definition) is 2. The van der Waals surface area contributed by atoms with Crippen molar-refractivity contribution >= 4 is 10.9 Å². The van der Waals surface area contributed by atoms with Crippen molar-refractivity contribution in [2.24, 2.45) is 5.92 Å². The molecule has 2 aromatic carbocycles. The number of aromatic amines is 1. The van der Waals surface area contributed by atoms with Gasteiger partial charge in [0.05, 0.1) is 12.6 Å². The van der Waals surface area contributed by atoms with Gasteiger partial charge in [0, 0.05) is 28.8 Å². The van der Waals surface area contributed by atoms with Gasteiger partial charge in [0.1, 0.15) is 12.7 Å². The Morgan fingerprint density at radius 1 is 1.06 bits per heavy atom. The van der Waals surface area contributed by atoms with Gasteiger partial charge in [-0.25, -0.2) is 0 Å². The fourth-order valence-corrected chi connectivity index (χ4v) is 5.47. The fraction of sp³-hybridized carbons (Fsp3) is 0.407. The summed E-state index contributed by atoms with van der Waals surface area (Å²) in [6.07, 6.45) is 12.9. The van der Waals surface area contributed by atoms with Gasteiger partial charge < -0.3 is 10.1 Å². The minimum Gasteiger partial charge on any atom is -0.394 e. The highest BCUT2D eigenvalue weighted by molar-refractivity contribution is 5.85. The van der Waals surface area contributed by atoms with Gasteiger partial charge in [0.25, 0.3) is 0 Å². The van der Waals surface area contributed by atoms with E-state index in [1.54, 1.807) is 12.7 Å². The predicted octanol–water partition coefficient (Wildman–Crippen LogP) is 4.91. The number of hydrogen-bond acceptors (Lipinski definition) is 4. The number of rotatable bonds is 8. The van der Waals surface area contributed by atoms with Crippen molar-refractivity contribution < 1.29 is 5.11 Å². The highest BCUT2D eigenvalue weighted by atomic mass is 16.3. The van der Waals surface area contributed by atoms with E-state index >= 15 is 0 Å². The molecule has 1 atom stereocenters. The van der Waals surface area contributed by atoms with Crippen LogP contribution in [-0.2, 0) is 6.42 Å². The van der Waals surface area contributed by atoms with Crippen LogP contribution < -0.4 is 0 Å². The Morgan fingerprint density at radius 2 is 1.82 bits per heavy atom. The van der Waals surface area contributed by atoms with Crippen molar-refractivity contribution in [3.05, 3.63) is 78.5 Å². The quantitative estimate of drug-likeness (QED) is 0.406. The van der Waals surface area contributed by atoms with Gasteiger partial charge in [-0.05, 0) is 80.8 Å².